The van der Waals surface area contributed by atoms with E-state index in [4.69, 9.17) is 9.47 Å². The second-order valence-electron chi connectivity index (χ2n) is 3.16. The summed E-state index contributed by atoms with van der Waals surface area (Å²) >= 11 is 0. The Morgan fingerprint density at radius 1 is 1.42 bits per heavy atom. The lowest BCUT2D eigenvalue weighted by atomic mass is 10.1. The molecule has 1 heterocycles. The summed E-state index contributed by atoms with van der Waals surface area (Å²) in [6, 6.07) is 0. The maximum atomic E-state index is 9.25. The largest absolute Gasteiger partial charge is 0.393 e. The molecule has 1 N–H and O–H groups in total. The summed E-state index contributed by atoms with van der Waals surface area (Å²) in [7, 11) is 0. The van der Waals surface area contributed by atoms with Gasteiger partial charge in [-0.1, -0.05) is 6.92 Å². The van der Waals surface area contributed by atoms with Crippen molar-refractivity contribution in [1.82, 2.24) is 0 Å². The standard InChI is InChI=1S/C9H18O3/c1-2-8(10)4-3-5-9-11-6-7-12-9/h8-10H,2-7H2,1H3. The van der Waals surface area contributed by atoms with E-state index in [9.17, 15) is 5.11 Å². The molecule has 1 fully saturated rings. The van der Waals surface area contributed by atoms with Crippen LogP contribution in [0.1, 0.15) is 32.6 Å². The maximum absolute atomic E-state index is 9.25. The fourth-order valence-corrected chi connectivity index (χ4v) is 1.30. The Kier molecular flexibility index (Phi) is 4.58. The molecule has 0 aromatic rings. The number of rotatable bonds is 5. The Hall–Kier alpha value is -0.120. The summed E-state index contributed by atoms with van der Waals surface area (Å²) in [5.74, 6) is 0. The molecule has 0 aromatic heterocycles. The van der Waals surface area contributed by atoms with Crippen LogP contribution in [0.4, 0.5) is 0 Å². The quantitative estimate of drug-likeness (QED) is 0.682. The highest BCUT2D eigenvalue weighted by Gasteiger charge is 2.15. The monoisotopic (exact) mass is 174 g/mol. The smallest absolute Gasteiger partial charge is 0.157 e. The van der Waals surface area contributed by atoms with Crippen molar-refractivity contribution >= 4 is 0 Å². The van der Waals surface area contributed by atoms with E-state index in [1.807, 2.05) is 6.92 Å². The first kappa shape index (κ1) is 9.96. The van der Waals surface area contributed by atoms with E-state index in [-0.39, 0.29) is 12.4 Å². The Labute approximate surface area is 73.7 Å². The first-order valence-electron chi connectivity index (χ1n) is 4.74. The average Bonchev–Trinajstić information content (AvgIpc) is 2.57. The summed E-state index contributed by atoms with van der Waals surface area (Å²) in [5.41, 5.74) is 0. The third kappa shape index (κ3) is 3.52. The fraction of sp³-hybridized carbons (Fsp3) is 1.00. The van der Waals surface area contributed by atoms with Crippen molar-refractivity contribution in [3.05, 3.63) is 0 Å². The zero-order valence-electron chi connectivity index (χ0n) is 7.66. The van der Waals surface area contributed by atoms with Crippen molar-refractivity contribution in [1.29, 1.82) is 0 Å². The molecular weight excluding hydrogens is 156 g/mol. The van der Waals surface area contributed by atoms with E-state index < -0.39 is 0 Å². The molecule has 0 amide bonds. The van der Waals surface area contributed by atoms with Crippen molar-refractivity contribution in [3.8, 4) is 0 Å². The maximum Gasteiger partial charge on any atom is 0.157 e. The number of aliphatic hydroxyl groups is 1. The molecule has 0 radical (unpaired) electrons. The molecule has 12 heavy (non-hydrogen) atoms. The molecule has 1 aliphatic heterocycles. The van der Waals surface area contributed by atoms with Crippen LogP contribution in [0.5, 0.6) is 0 Å². The van der Waals surface area contributed by atoms with Gasteiger partial charge in [-0.15, -0.1) is 0 Å². The predicted octanol–water partition coefficient (Wildman–Crippen LogP) is 1.30. The van der Waals surface area contributed by atoms with Gasteiger partial charge in [-0.25, -0.2) is 0 Å². The first-order valence-corrected chi connectivity index (χ1v) is 4.74. The highest BCUT2D eigenvalue weighted by molar-refractivity contribution is 4.56. The van der Waals surface area contributed by atoms with Crippen LogP contribution in [0.25, 0.3) is 0 Å². The fourth-order valence-electron chi connectivity index (χ4n) is 1.30. The molecule has 1 saturated heterocycles. The Morgan fingerprint density at radius 2 is 2.08 bits per heavy atom. The highest BCUT2D eigenvalue weighted by atomic mass is 16.7. The van der Waals surface area contributed by atoms with Crippen molar-refractivity contribution < 1.29 is 14.6 Å². The second-order valence-corrected chi connectivity index (χ2v) is 3.16. The highest BCUT2D eigenvalue weighted by Crippen LogP contribution is 2.13. The van der Waals surface area contributed by atoms with Gasteiger partial charge in [0, 0.05) is 0 Å². The second kappa shape index (κ2) is 5.51. The summed E-state index contributed by atoms with van der Waals surface area (Å²) in [6.45, 7) is 3.44. The van der Waals surface area contributed by atoms with Gasteiger partial charge in [-0.2, -0.15) is 0 Å². The van der Waals surface area contributed by atoms with Crippen LogP contribution in [0.2, 0.25) is 0 Å². The van der Waals surface area contributed by atoms with Crippen LogP contribution in [0.3, 0.4) is 0 Å². The van der Waals surface area contributed by atoms with Crippen LogP contribution in [-0.2, 0) is 9.47 Å². The Balaban J connectivity index is 1.94. The number of aliphatic hydroxyl groups excluding tert-OH is 1. The summed E-state index contributed by atoms with van der Waals surface area (Å²) in [4.78, 5) is 0. The molecule has 0 aromatic carbocycles. The van der Waals surface area contributed by atoms with E-state index in [0.717, 1.165) is 38.9 Å². The van der Waals surface area contributed by atoms with E-state index in [0.29, 0.717) is 0 Å². The lowest BCUT2D eigenvalue weighted by Crippen LogP contribution is -2.10. The molecule has 1 unspecified atom stereocenters. The molecule has 0 aliphatic carbocycles. The van der Waals surface area contributed by atoms with Gasteiger partial charge in [0.2, 0.25) is 0 Å². The molecule has 0 bridgehead atoms. The molecule has 1 atom stereocenters. The van der Waals surface area contributed by atoms with Crippen molar-refractivity contribution in [3.63, 3.8) is 0 Å². The molecule has 72 valence electrons. The van der Waals surface area contributed by atoms with Gasteiger partial charge in [-0.3, -0.25) is 0 Å². The van der Waals surface area contributed by atoms with Crippen molar-refractivity contribution in [2.45, 2.75) is 45.0 Å². The zero-order valence-corrected chi connectivity index (χ0v) is 7.66. The van der Waals surface area contributed by atoms with E-state index in [1.165, 1.54) is 0 Å². The Bertz CT molecular complexity index is 110. The molecule has 1 aliphatic rings. The molecule has 0 spiro atoms. The molecule has 0 saturated carbocycles. The zero-order chi connectivity index (χ0) is 8.81. The average molecular weight is 174 g/mol. The normalized spacial score (nSPS) is 21.5. The van der Waals surface area contributed by atoms with E-state index in [2.05, 4.69) is 0 Å². The number of hydrogen-bond acceptors (Lipinski definition) is 3. The van der Waals surface area contributed by atoms with Gasteiger partial charge in [0.1, 0.15) is 0 Å². The summed E-state index contributed by atoms with van der Waals surface area (Å²) in [5, 5.41) is 9.25. The number of hydrogen-bond donors (Lipinski definition) is 1. The van der Waals surface area contributed by atoms with Crippen LogP contribution in [0.15, 0.2) is 0 Å². The number of ether oxygens (including phenoxy) is 2. The Morgan fingerprint density at radius 3 is 2.67 bits per heavy atom. The minimum Gasteiger partial charge on any atom is -0.393 e. The van der Waals surface area contributed by atoms with Gasteiger partial charge in [0.25, 0.3) is 0 Å². The molecular formula is C9H18O3. The predicted molar refractivity (Wildman–Crippen MR) is 45.8 cm³/mol. The van der Waals surface area contributed by atoms with Crippen LogP contribution >= 0.6 is 0 Å². The van der Waals surface area contributed by atoms with Crippen molar-refractivity contribution in [2.75, 3.05) is 13.2 Å². The first-order chi connectivity index (χ1) is 5.83. The minimum absolute atomic E-state index is 0.00550. The summed E-state index contributed by atoms with van der Waals surface area (Å²) in [6.07, 6.45) is 3.45. The van der Waals surface area contributed by atoms with Crippen LogP contribution in [0, 0.1) is 0 Å². The lowest BCUT2D eigenvalue weighted by Gasteiger charge is -2.10. The van der Waals surface area contributed by atoms with Crippen LogP contribution < -0.4 is 0 Å². The van der Waals surface area contributed by atoms with Gasteiger partial charge < -0.3 is 14.6 Å². The van der Waals surface area contributed by atoms with Crippen molar-refractivity contribution in [2.24, 2.45) is 0 Å². The molecule has 1 rings (SSSR count). The van der Waals surface area contributed by atoms with E-state index >= 15 is 0 Å². The summed E-state index contributed by atoms with van der Waals surface area (Å²) < 4.78 is 10.5. The topological polar surface area (TPSA) is 38.7 Å². The van der Waals surface area contributed by atoms with E-state index in [1.54, 1.807) is 0 Å². The van der Waals surface area contributed by atoms with Crippen LogP contribution in [-0.4, -0.2) is 30.7 Å². The third-order valence-corrected chi connectivity index (χ3v) is 2.14. The SMILES string of the molecule is CCC(O)CCCC1OCCO1. The third-order valence-electron chi connectivity index (χ3n) is 2.14. The van der Waals surface area contributed by atoms with Gasteiger partial charge in [0.05, 0.1) is 19.3 Å². The van der Waals surface area contributed by atoms with Gasteiger partial charge in [0.15, 0.2) is 6.29 Å². The van der Waals surface area contributed by atoms with Gasteiger partial charge in [-0.05, 0) is 25.7 Å². The molecule has 3 heteroatoms. The lowest BCUT2D eigenvalue weighted by molar-refractivity contribution is -0.0494. The van der Waals surface area contributed by atoms with Gasteiger partial charge >= 0.3 is 0 Å². The minimum atomic E-state index is -0.147. The molecule has 3 nitrogen and oxygen atoms in total.